The van der Waals surface area contributed by atoms with Crippen LogP contribution in [0.3, 0.4) is 0 Å². The zero-order valence-corrected chi connectivity index (χ0v) is 81.8. The molecule has 7 nitrogen and oxygen atoms in total. The van der Waals surface area contributed by atoms with Gasteiger partial charge in [0.2, 0.25) is 0 Å². The van der Waals surface area contributed by atoms with E-state index in [-0.39, 0.29) is 0 Å². The van der Waals surface area contributed by atoms with Crippen LogP contribution < -0.4 is 34.3 Å². The van der Waals surface area contributed by atoms with Crippen molar-refractivity contribution >= 4 is 119 Å². The van der Waals surface area contributed by atoms with E-state index in [0.29, 0.717) is 0 Å². The third-order valence-corrected chi connectivity index (χ3v) is 26.3. The van der Waals surface area contributed by atoms with Crippen molar-refractivity contribution in [1.82, 2.24) is 0 Å². The molecule has 0 amide bonds. The van der Waals surface area contributed by atoms with E-state index in [4.69, 9.17) is 0 Å². The van der Waals surface area contributed by atoms with Gasteiger partial charge < -0.3 is 34.3 Å². The van der Waals surface area contributed by atoms with Gasteiger partial charge in [0.25, 0.3) is 0 Å². The van der Waals surface area contributed by atoms with Crippen LogP contribution >= 0.6 is 0 Å². The number of para-hydroxylation sites is 2. The average Bonchev–Trinajstić information content (AvgIpc) is 0.796. The van der Waals surface area contributed by atoms with Crippen LogP contribution in [-0.4, -0.2) is 0 Å². The van der Waals surface area contributed by atoms with Crippen LogP contribution in [0.25, 0.3) is 55.6 Å². The third kappa shape index (κ3) is 21.0. The van der Waals surface area contributed by atoms with Crippen LogP contribution in [0.5, 0.6) is 0 Å². The summed E-state index contributed by atoms with van der Waals surface area (Å²) in [5.74, 6) is 0. The van der Waals surface area contributed by atoms with Crippen molar-refractivity contribution in [3.63, 3.8) is 0 Å². The summed E-state index contributed by atoms with van der Waals surface area (Å²) in [7, 11) is 0. The van der Waals surface area contributed by atoms with E-state index < -0.39 is 0 Å². The molecule has 0 N–H and O–H groups in total. The van der Waals surface area contributed by atoms with Gasteiger partial charge in [-0.15, -0.1) is 0 Å². The second-order valence-corrected chi connectivity index (χ2v) is 37.0. The van der Waals surface area contributed by atoms with E-state index in [1.807, 2.05) is 0 Å². The molecule has 0 aliphatic carbocycles. The number of aryl methyl sites for hydroxylation is 9. The van der Waals surface area contributed by atoms with E-state index in [1.54, 1.807) is 0 Å². The summed E-state index contributed by atoms with van der Waals surface area (Å²) in [5, 5.41) is 0. The summed E-state index contributed by atoms with van der Waals surface area (Å²) in [6, 6.07) is 189. The highest BCUT2D eigenvalue weighted by molar-refractivity contribution is 5.89. The average molecular weight is 1830 g/mol. The molecule has 0 atom stereocenters. The lowest BCUT2D eigenvalue weighted by atomic mass is 10.0. The molecule has 142 heavy (non-hydrogen) atoms. The van der Waals surface area contributed by atoms with Gasteiger partial charge in [-0.3, -0.25) is 0 Å². The van der Waals surface area contributed by atoms with Crippen molar-refractivity contribution in [3.8, 4) is 55.6 Å². The van der Waals surface area contributed by atoms with Crippen LogP contribution in [0.2, 0.25) is 0 Å². The van der Waals surface area contributed by atoms with Gasteiger partial charge in [0.1, 0.15) is 0 Å². The van der Waals surface area contributed by atoms with Gasteiger partial charge >= 0.3 is 0 Å². The third-order valence-electron chi connectivity index (χ3n) is 26.3. The topological polar surface area (TPSA) is 22.7 Å². The van der Waals surface area contributed by atoms with Crippen molar-refractivity contribution in [2.75, 3.05) is 34.3 Å². The minimum Gasteiger partial charge on any atom is -0.311 e. The summed E-state index contributed by atoms with van der Waals surface area (Å²) in [5.41, 5.74) is 46.2. The van der Waals surface area contributed by atoms with Crippen molar-refractivity contribution in [2.24, 2.45) is 0 Å². The molecule has 688 valence electrons. The van der Waals surface area contributed by atoms with Crippen molar-refractivity contribution in [2.45, 2.75) is 62.3 Å². The van der Waals surface area contributed by atoms with Crippen LogP contribution in [0, 0.1) is 62.3 Å². The summed E-state index contributed by atoms with van der Waals surface area (Å²) >= 11 is 0. The highest BCUT2D eigenvalue weighted by atomic mass is 15.2. The highest BCUT2D eigenvalue weighted by Gasteiger charge is 2.23. The fraction of sp³-hybridized carbons (Fsp3) is 0.0667. The molecular weight excluding hydrogens is 1720 g/mol. The predicted octanol–water partition coefficient (Wildman–Crippen LogP) is 38.8. The van der Waals surface area contributed by atoms with Crippen molar-refractivity contribution < 1.29 is 0 Å². The Balaban J connectivity index is 0.000000180. The number of rotatable bonds is 26. The van der Waals surface area contributed by atoms with Crippen LogP contribution in [0.4, 0.5) is 119 Å². The Hall–Kier alpha value is -17.8. The largest absolute Gasteiger partial charge is 0.311 e. The maximum atomic E-state index is 2.34. The first-order valence-electron chi connectivity index (χ1n) is 48.9. The number of nitrogens with zero attached hydrogens (tertiary/aromatic N) is 7. The molecule has 0 radical (unpaired) electrons. The Morgan fingerprint density at radius 3 is 0.317 bits per heavy atom. The SMILES string of the molecule is Cc1ccc(N(c2ccc(-c3ccc(N(c4cccc(C)c4)c4cccc(C)c4)cc3)cc2)c2ccc(-c3ccc(N(c4cccc(C)c4)c4cccc(C)c4)cc3)cc2)cc1.Cc1cccc(N(c2ccc(-c3ccc(N(c4ccccc4)c4ccc(-c5ccc(N(c6ccccc6)c6ccc(-c7ccc(N(c8cccc(C)c8)c8cccc(C)c8)cc7)cc6)cc5)cc4)cc3)cc2)c2cccc(C)c2)c1. The first kappa shape index (κ1) is 91.9. The number of benzene rings is 21. The molecule has 21 aromatic carbocycles. The van der Waals surface area contributed by atoms with Crippen molar-refractivity contribution in [1.29, 1.82) is 0 Å². The lowest BCUT2D eigenvalue weighted by molar-refractivity contribution is 1.26. The van der Waals surface area contributed by atoms with E-state index in [0.717, 1.165) is 142 Å². The quantitative estimate of drug-likeness (QED) is 0.0532. The van der Waals surface area contributed by atoms with Crippen LogP contribution in [0.15, 0.2) is 522 Å². The molecular formula is C135H113N7. The van der Waals surface area contributed by atoms with Gasteiger partial charge in [-0.25, -0.2) is 0 Å². The Kier molecular flexibility index (Phi) is 27.2. The Labute approximate surface area is 837 Å². The molecule has 21 aromatic rings. The van der Waals surface area contributed by atoms with E-state index in [1.165, 1.54) is 83.5 Å². The second-order valence-electron chi connectivity index (χ2n) is 37.0. The molecule has 0 aliphatic rings. The smallest absolute Gasteiger partial charge is 0.0464 e. The number of hydrogen-bond acceptors (Lipinski definition) is 7. The predicted molar refractivity (Wildman–Crippen MR) is 605 cm³/mol. The lowest BCUT2D eigenvalue weighted by Crippen LogP contribution is -2.10. The molecule has 0 aromatic heterocycles. The van der Waals surface area contributed by atoms with Gasteiger partial charge in [-0.05, 0) is 417 Å². The normalized spacial score (nSPS) is 11.0. The first-order valence-corrected chi connectivity index (χ1v) is 48.9. The van der Waals surface area contributed by atoms with Gasteiger partial charge in [-0.2, -0.15) is 0 Å². The Morgan fingerprint density at radius 2 is 0.190 bits per heavy atom. The number of anilines is 21. The molecule has 0 saturated carbocycles. The van der Waals surface area contributed by atoms with Crippen LogP contribution in [0.1, 0.15) is 50.1 Å². The molecule has 0 saturated heterocycles. The van der Waals surface area contributed by atoms with Gasteiger partial charge in [-0.1, -0.05) is 272 Å². The fourth-order valence-corrected chi connectivity index (χ4v) is 19.1. The van der Waals surface area contributed by atoms with E-state index >= 15 is 0 Å². The molecule has 0 fully saturated rings. The molecule has 0 spiro atoms. The minimum absolute atomic E-state index is 1.09. The lowest BCUT2D eigenvalue weighted by Gasteiger charge is -2.27. The number of hydrogen-bond donors (Lipinski definition) is 0. The van der Waals surface area contributed by atoms with Gasteiger partial charge in [0.05, 0.1) is 0 Å². The summed E-state index contributed by atoms with van der Waals surface area (Å²) < 4.78 is 0. The molecule has 0 aliphatic heterocycles. The first-order chi connectivity index (χ1) is 69.5. The van der Waals surface area contributed by atoms with E-state index in [9.17, 15) is 0 Å². The zero-order chi connectivity index (χ0) is 96.9. The fourth-order valence-electron chi connectivity index (χ4n) is 19.1. The zero-order valence-electron chi connectivity index (χ0n) is 81.8. The van der Waals surface area contributed by atoms with Crippen LogP contribution in [-0.2, 0) is 0 Å². The molecule has 0 bridgehead atoms. The summed E-state index contributed by atoms with van der Waals surface area (Å²) in [4.78, 5) is 16.3. The Bertz CT molecular complexity index is 7240. The van der Waals surface area contributed by atoms with Crippen molar-refractivity contribution in [3.05, 3.63) is 572 Å². The standard InChI is InChI=1S/C76H62N4.C59H51N3/c1-55-15-11-23-73(51-55)79(74-24-12-16-56(2)52-74)71-47-35-63(36-48-71)61-31-43-69(44-32-61)77(65-19-7-5-8-20-65)67-39-27-59(28-40-67)60-29-41-68(42-30-60)78(66-21-9-6-10-22-66)70-45-33-62(34-46-70)64-37-49-72(50-38-64)80(75-25-13-17-57(3)53-75)76-26-14-18-58(4)54-76;1-42-18-28-51(29-19-42)60(52-30-20-47(21-31-52)49-24-34-54(35-25-49)61(56-14-6-10-43(2)38-56)57-15-7-11-44(3)39-57)53-32-22-48(23-33-53)50-26-36-55(37-27-50)62(58-16-8-12-45(4)40-58)59-17-9-13-46(5)41-59/h5-54H,1-4H3;6-41H,1-5H3. The summed E-state index contributed by atoms with van der Waals surface area (Å²) in [6.45, 7) is 19.3. The monoisotopic (exact) mass is 1830 g/mol. The van der Waals surface area contributed by atoms with E-state index in [2.05, 4.69) is 618 Å². The van der Waals surface area contributed by atoms with Gasteiger partial charge in [0, 0.05) is 119 Å². The molecule has 0 unspecified atom stereocenters. The van der Waals surface area contributed by atoms with Gasteiger partial charge in [0.15, 0.2) is 0 Å². The molecule has 0 heterocycles. The second kappa shape index (κ2) is 42.0. The minimum atomic E-state index is 1.09. The Morgan fingerprint density at radius 1 is 0.0845 bits per heavy atom. The maximum absolute atomic E-state index is 2.34. The maximum Gasteiger partial charge on any atom is 0.0464 e. The molecule has 7 heteroatoms. The highest BCUT2D eigenvalue weighted by Crippen LogP contribution is 2.47. The summed E-state index contributed by atoms with van der Waals surface area (Å²) in [6.07, 6.45) is 0. The molecule has 21 rings (SSSR count).